The highest BCUT2D eigenvalue weighted by Crippen LogP contribution is 2.26. The Bertz CT molecular complexity index is 802. The van der Waals surface area contributed by atoms with E-state index in [1.54, 1.807) is 11.3 Å². The van der Waals surface area contributed by atoms with Crippen LogP contribution in [0.1, 0.15) is 16.1 Å². The van der Waals surface area contributed by atoms with E-state index in [9.17, 15) is 9.18 Å². The lowest BCUT2D eigenvalue weighted by atomic mass is 10.2. The van der Waals surface area contributed by atoms with Gasteiger partial charge in [0.1, 0.15) is 17.4 Å². The number of benzene rings is 1. The molecule has 112 valence electrons. The molecular formula is C15H9BrFNO2S2. The monoisotopic (exact) mass is 397 g/mol. The van der Waals surface area contributed by atoms with Crippen LogP contribution in [0.4, 0.5) is 4.39 Å². The zero-order valence-corrected chi connectivity index (χ0v) is 14.3. The smallest absolute Gasteiger partial charge is 0.339 e. The lowest BCUT2D eigenvalue weighted by Crippen LogP contribution is -2.06. The molecule has 2 aromatic heterocycles. The predicted octanol–water partition coefficient (Wildman–Crippen LogP) is 5.13. The Hall–Kier alpha value is -1.57. The van der Waals surface area contributed by atoms with Crippen LogP contribution < -0.4 is 0 Å². The van der Waals surface area contributed by atoms with Gasteiger partial charge in [0.15, 0.2) is 0 Å². The number of thiophene rings is 1. The first kappa shape index (κ1) is 15.3. The summed E-state index contributed by atoms with van der Waals surface area (Å²) in [5.74, 6) is -1.07. The van der Waals surface area contributed by atoms with Gasteiger partial charge in [0.2, 0.25) is 0 Å². The van der Waals surface area contributed by atoms with Crippen molar-refractivity contribution in [1.82, 2.24) is 4.98 Å². The van der Waals surface area contributed by atoms with Crippen LogP contribution in [0.5, 0.6) is 0 Å². The van der Waals surface area contributed by atoms with Crippen LogP contribution in [0.2, 0.25) is 0 Å². The average molecular weight is 398 g/mol. The second-order valence-electron chi connectivity index (χ2n) is 4.36. The van der Waals surface area contributed by atoms with Crippen LogP contribution in [0.25, 0.3) is 10.6 Å². The molecule has 0 fully saturated rings. The fraction of sp³-hybridized carbons (Fsp3) is 0.0667. The summed E-state index contributed by atoms with van der Waals surface area (Å²) < 4.78 is 18.9. The fourth-order valence-electron chi connectivity index (χ4n) is 1.76. The van der Waals surface area contributed by atoms with Gasteiger partial charge in [0, 0.05) is 20.8 Å². The van der Waals surface area contributed by atoms with Crippen LogP contribution in [0.3, 0.4) is 0 Å². The molecule has 22 heavy (non-hydrogen) atoms. The zero-order chi connectivity index (χ0) is 15.5. The molecule has 0 spiro atoms. The third-order valence-electron chi connectivity index (χ3n) is 2.82. The van der Waals surface area contributed by atoms with Gasteiger partial charge in [0.25, 0.3) is 0 Å². The number of hydrogen-bond donors (Lipinski definition) is 0. The Morgan fingerprint density at radius 1 is 1.32 bits per heavy atom. The summed E-state index contributed by atoms with van der Waals surface area (Å²) >= 11 is 6.31. The summed E-state index contributed by atoms with van der Waals surface area (Å²) in [6.07, 6.45) is 0. The molecule has 0 aliphatic rings. The van der Waals surface area contributed by atoms with E-state index in [-0.39, 0.29) is 12.2 Å². The average Bonchev–Trinajstić information content (AvgIpc) is 3.17. The molecule has 1 aromatic carbocycles. The summed E-state index contributed by atoms with van der Waals surface area (Å²) in [6, 6.07) is 5.88. The highest BCUT2D eigenvalue weighted by atomic mass is 79.9. The maximum atomic E-state index is 13.2. The second kappa shape index (κ2) is 6.68. The van der Waals surface area contributed by atoms with Crippen molar-refractivity contribution < 1.29 is 13.9 Å². The first-order chi connectivity index (χ1) is 10.6. The summed E-state index contributed by atoms with van der Waals surface area (Å²) in [6.45, 7) is 0.0580. The number of esters is 1. The van der Waals surface area contributed by atoms with Crippen LogP contribution in [-0.2, 0) is 11.3 Å². The Balaban J connectivity index is 1.67. The van der Waals surface area contributed by atoms with Crippen LogP contribution in [-0.4, -0.2) is 11.0 Å². The Kier molecular flexibility index (Phi) is 4.66. The number of nitrogens with zero attached hydrogens (tertiary/aromatic N) is 1. The number of carbonyl (C=O) groups excluding carboxylic acids is 1. The molecule has 0 N–H and O–H groups in total. The van der Waals surface area contributed by atoms with Gasteiger partial charge in [-0.1, -0.05) is 0 Å². The molecule has 0 saturated carbocycles. The van der Waals surface area contributed by atoms with E-state index >= 15 is 0 Å². The number of carbonyl (C=O) groups is 1. The minimum Gasteiger partial charge on any atom is -0.456 e. The maximum Gasteiger partial charge on any atom is 0.339 e. The van der Waals surface area contributed by atoms with Gasteiger partial charge in [-0.25, -0.2) is 14.2 Å². The summed E-state index contributed by atoms with van der Waals surface area (Å²) in [7, 11) is 0. The van der Waals surface area contributed by atoms with E-state index in [1.807, 2.05) is 22.2 Å². The lowest BCUT2D eigenvalue weighted by Gasteiger charge is -2.05. The number of thiazole rings is 1. The summed E-state index contributed by atoms with van der Waals surface area (Å²) in [5.41, 5.74) is 1.89. The van der Waals surface area contributed by atoms with Gasteiger partial charge in [-0.3, -0.25) is 0 Å². The van der Waals surface area contributed by atoms with E-state index in [2.05, 4.69) is 20.9 Å². The van der Waals surface area contributed by atoms with Gasteiger partial charge < -0.3 is 4.74 Å². The van der Waals surface area contributed by atoms with Crippen molar-refractivity contribution >= 4 is 44.6 Å². The van der Waals surface area contributed by atoms with Crippen molar-refractivity contribution in [3.05, 3.63) is 62.0 Å². The van der Waals surface area contributed by atoms with E-state index < -0.39 is 11.8 Å². The minimum absolute atomic E-state index is 0.0580. The molecule has 0 amide bonds. The zero-order valence-electron chi connectivity index (χ0n) is 11.1. The number of hydrogen-bond acceptors (Lipinski definition) is 5. The number of halogens is 2. The van der Waals surface area contributed by atoms with Crippen molar-refractivity contribution in [2.45, 2.75) is 6.61 Å². The van der Waals surface area contributed by atoms with Crippen LogP contribution in [0.15, 0.2) is 44.9 Å². The van der Waals surface area contributed by atoms with Gasteiger partial charge in [-0.15, -0.1) is 11.3 Å². The van der Waals surface area contributed by atoms with E-state index in [0.29, 0.717) is 10.2 Å². The van der Waals surface area contributed by atoms with Gasteiger partial charge >= 0.3 is 5.97 Å². The number of aromatic nitrogens is 1. The SMILES string of the molecule is O=C(OCc1csc(-c2ccsc2)n1)c1cc(F)ccc1Br. The van der Waals surface area contributed by atoms with Gasteiger partial charge in [0.05, 0.1) is 11.3 Å². The Morgan fingerprint density at radius 3 is 2.95 bits per heavy atom. The standard InChI is InChI=1S/C15H9BrFNO2S2/c16-13-2-1-10(17)5-12(13)15(19)20-6-11-8-22-14(18-11)9-3-4-21-7-9/h1-5,7-8H,6H2. The van der Waals surface area contributed by atoms with Gasteiger partial charge in [-0.2, -0.15) is 11.3 Å². The molecular weight excluding hydrogens is 389 g/mol. The first-order valence-corrected chi connectivity index (χ1v) is 8.84. The maximum absolute atomic E-state index is 13.2. The Labute approximate surface area is 142 Å². The molecule has 0 atom stereocenters. The van der Waals surface area contributed by atoms with Crippen molar-refractivity contribution in [2.75, 3.05) is 0 Å². The summed E-state index contributed by atoms with van der Waals surface area (Å²) in [4.78, 5) is 16.4. The molecule has 0 aliphatic heterocycles. The van der Waals surface area contributed by atoms with Crippen LogP contribution in [0, 0.1) is 5.82 Å². The molecule has 0 saturated heterocycles. The first-order valence-electron chi connectivity index (χ1n) is 6.22. The molecule has 0 unspecified atom stereocenters. The topological polar surface area (TPSA) is 39.2 Å². The van der Waals surface area contributed by atoms with Crippen molar-refractivity contribution in [2.24, 2.45) is 0 Å². The largest absolute Gasteiger partial charge is 0.456 e. The third-order valence-corrected chi connectivity index (χ3v) is 5.13. The molecule has 3 nitrogen and oxygen atoms in total. The molecule has 2 heterocycles. The highest BCUT2D eigenvalue weighted by molar-refractivity contribution is 9.10. The Morgan fingerprint density at radius 2 is 2.18 bits per heavy atom. The second-order valence-corrected chi connectivity index (χ2v) is 6.85. The molecule has 0 bridgehead atoms. The molecule has 7 heteroatoms. The minimum atomic E-state index is -0.587. The summed E-state index contributed by atoms with van der Waals surface area (Å²) in [5, 5.41) is 6.73. The normalized spacial score (nSPS) is 10.6. The highest BCUT2D eigenvalue weighted by Gasteiger charge is 2.14. The van der Waals surface area contributed by atoms with E-state index in [4.69, 9.17) is 4.74 Å². The van der Waals surface area contributed by atoms with Crippen LogP contribution >= 0.6 is 38.6 Å². The third kappa shape index (κ3) is 3.43. The van der Waals surface area contributed by atoms with Gasteiger partial charge in [-0.05, 0) is 45.6 Å². The molecule has 3 aromatic rings. The van der Waals surface area contributed by atoms with Crippen molar-refractivity contribution in [3.63, 3.8) is 0 Å². The molecule has 3 rings (SSSR count). The van der Waals surface area contributed by atoms with Crippen molar-refractivity contribution in [1.29, 1.82) is 0 Å². The number of rotatable bonds is 4. The fourth-order valence-corrected chi connectivity index (χ4v) is 3.69. The lowest BCUT2D eigenvalue weighted by molar-refractivity contribution is 0.0467. The van der Waals surface area contributed by atoms with E-state index in [1.165, 1.54) is 23.5 Å². The van der Waals surface area contributed by atoms with E-state index in [0.717, 1.165) is 16.6 Å². The van der Waals surface area contributed by atoms with Crippen molar-refractivity contribution in [3.8, 4) is 10.6 Å². The quantitative estimate of drug-likeness (QED) is 0.572. The number of ether oxygens (including phenoxy) is 1. The predicted molar refractivity (Wildman–Crippen MR) is 88.6 cm³/mol. The molecule has 0 aliphatic carbocycles. The molecule has 0 radical (unpaired) electrons.